The number of phenolic OH excluding ortho intramolecular Hbond substituents is 1. The van der Waals surface area contributed by atoms with Crippen molar-refractivity contribution in [1.82, 2.24) is 0 Å². The van der Waals surface area contributed by atoms with Crippen molar-refractivity contribution < 1.29 is 9.90 Å². The maximum atomic E-state index is 11.9. The highest BCUT2D eigenvalue weighted by Gasteiger charge is 2.14. The second-order valence-electron chi connectivity index (χ2n) is 5.48. The van der Waals surface area contributed by atoms with Crippen LogP contribution in [0.5, 0.6) is 5.75 Å². The lowest BCUT2D eigenvalue weighted by Crippen LogP contribution is -2.23. The maximum absolute atomic E-state index is 11.9. The Balaban J connectivity index is 2.56. The number of nitrogens with one attached hydrogen (secondary N) is 1. The Morgan fingerprint density at radius 3 is 2.63 bits per heavy atom. The van der Waals surface area contributed by atoms with Gasteiger partial charge in [-0.25, -0.2) is 0 Å². The van der Waals surface area contributed by atoms with Gasteiger partial charge in [0, 0.05) is 18.2 Å². The standard InChI is InChI=1S/C15H24N2O2/c1-10(2)6-12(9-16)7-15(19)17-13-5-4-11(3)14(18)8-13/h4-5,8,10,12,18H,6-7,9,16H2,1-3H3,(H,17,19). The second kappa shape index (κ2) is 7.14. The van der Waals surface area contributed by atoms with Gasteiger partial charge < -0.3 is 16.2 Å². The molecule has 106 valence electrons. The van der Waals surface area contributed by atoms with E-state index in [2.05, 4.69) is 19.2 Å². The van der Waals surface area contributed by atoms with Gasteiger partial charge in [0.15, 0.2) is 0 Å². The normalized spacial score (nSPS) is 12.5. The third-order valence-electron chi connectivity index (χ3n) is 3.11. The lowest BCUT2D eigenvalue weighted by atomic mass is 9.94. The largest absolute Gasteiger partial charge is 0.508 e. The molecule has 1 aromatic rings. The highest BCUT2D eigenvalue weighted by atomic mass is 16.3. The molecule has 0 fully saturated rings. The molecule has 0 aliphatic carbocycles. The topological polar surface area (TPSA) is 75.4 Å². The molecule has 1 unspecified atom stereocenters. The summed E-state index contributed by atoms with van der Waals surface area (Å²) < 4.78 is 0. The van der Waals surface area contributed by atoms with Crippen molar-refractivity contribution in [3.63, 3.8) is 0 Å². The Kier molecular flexibility index (Phi) is 5.83. The summed E-state index contributed by atoms with van der Waals surface area (Å²) in [5, 5.41) is 12.4. The van der Waals surface area contributed by atoms with Crippen LogP contribution in [0, 0.1) is 18.8 Å². The molecule has 1 aromatic carbocycles. The molecule has 0 radical (unpaired) electrons. The van der Waals surface area contributed by atoms with Crippen molar-refractivity contribution in [2.75, 3.05) is 11.9 Å². The molecule has 19 heavy (non-hydrogen) atoms. The van der Waals surface area contributed by atoms with Crippen LogP contribution in [0.3, 0.4) is 0 Å². The number of aryl methyl sites for hydroxylation is 1. The fraction of sp³-hybridized carbons (Fsp3) is 0.533. The third kappa shape index (κ3) is 5.30. The second-order valence-corrected chi connectivity index (χ2v) is 5.48. The first kappa shape index (κ1) is 15.5. The Labute approximate surface area is 115 Å². The molecule has 4 N–H and O–H groups in total. The van der Waals surface area contributed by atoms with Gasteiger partial charge in [-0.15, -0.1) is 0 Å². The predicted octanol–water partition coefficient (Wildman–Crippen LogP) is 2.65. The van der Waals surface area contributed by atoms with Gasteiger partial charge in [0.25, 0.3) is 0 Å². The van der Waals surface area contributed by atoms with E-state index in [1.807, 2.05) is 6.92 Å². The van der Waals surface area contributed by atoms with Gasteiger partial charge in [-0.2, -0.15) is 0 Å². The van der Waals surface area contributed by atoms with Gasteiger partial charge in [-0.1, -0.05) is 19.9 Å². The molecule has 0 spiro atoms. The fourth-order valence-electron chi connectivity index (χ4n) is 2.09. The van der Waals surface area contributed by atoms with Crippen LogP contribution in [0.25, 0.3) is 0 Å². The summed E-state index contributed by atoms with van der Waals surface area (Å²) in [5.74, 6) is 0.874. The van der Waals surface area contributed by atoms with E-state index in [1.54, 1.807) is 18.2 Å². The fourth-order valence-corrected chi connectivity index (χ4v) is 2.09. The molecule has 0 bridgehead atoms. The first-order chi connectivity index (χ1) is 8.92. The van der Waals surface area contributed by atoms with Crippen molar-refractivity contribution in [1.29, 1.82) is 0 Å². The summed E-state index contributed by atoms with van der Waals surface area (Å²) in [6, 6.07) is 5.12. The van der Waals surface area contributed by atoms with Crippen LogP contribution in [0.4, 0.5) is 5.69 Å². The predicted molar refractivity (Wildman–Crippen MR) is 78.1 cm³/mol. The van der Waals surface area contributed by atoms with Crippen LogP contribution in [0.1, 0.15) is 32.3 Å². The van der Waals surface area contributed by atoms with Crippen molar-refractivity contribution in [3.05, 3.63) is 23.8 Å². The van der Waals surface area contributed by atoms with Crippen LogP contribution < -0.4 is 11.1 Å². The zero-order chi connectivity index (χ0) is 14.4. The highest BCUT2D eigenvalue weighted by Crippen LogP contribution is 2.21. The van der Waals surface area contributed by atoms with Crippen molar-refractivity contribution >= 4 is 11.6 Å². The van der Waals surface area contributed by atoms with Gasteiger partial charge in [-0.05, 0) is 43.4 Å². The third-order valence-corrected chi connectivity index (χ3v) is 3.11. The molecule has 1 amide bonds. The smallest absolute Gasteiger partial charge is 0.224 e. The molecule has 0 aliphatic rings. The molecule has 0 aliphatic heterocycles. The number of amides is 1. The Morgan fingerprint density at radius 1 is 1.42 bits per heavy atom. The average molecular weight is 264 g/mol. The SMILES string of the molecule is Cc1ccc(NC(=O)CC(CN)CC(C)C)cc1O. The zero-order valence-corrected chi connectivity index (χ0v) is 11.9. The minimum atomic E-state index is -0.0562. The summed E-state index contributed by atoms with van der Waals surface area (Å²) in [6.45, 7) is 6.58. The quantitative estimate of drug-likeness (QED) is 0.739. The first-order valence-electron chi connectivity index (χ1n) is 6.72. The molecular formula is C15H24N2O2. The monoisotopic (exact) mass is 264 g/mol. The van der Waals surface area contributed by atoms with E-state index in [-0.39, 0.29) is 17.6 Å². The average Bonchev–Trinajstić information content (AvgIpc) is 2.32. The number of benzene rings is 1. The number of nitrogens with two attached hydrogens (primary N) is 1. The van der Waals surface area contributed by atoms with E-state index in [9.17, 15) is 9.90 Å². The van der Waals surface area contributed by atoms with E-state index >= 15 is 0 Å². The summed E-state index contributed by atoms with van der Waals surface area (Å²) in [7, 11) is 0. The van der Waals surface area contributed by atoms with Crippen molar-refractivity contribution in [2.24, 2.45) is 17.6 Å². The van der Waals surface area contributed by atoms with Gasteiger partial charge in [0.05, 0.1) is 0 Å². The van der Waals surface area contributed by atoms with Crippen molar-refractivity contribution in [2.45, 2.75) is 33.6 Å². The minimum Gasteiger partial charge on any atom is -0.508 e. The van der Waals surface area contributed by atoms with E-state index in [1.165, 1.54) is 0 Å². The van der Waals surface area contributed by atoms with E-state index in [0.717, 1.165) is 12.0 Å². The molecule has 4 nitrogen and oxygen atoms in total. The van der Waals surface area contributed by atoms with E-state index in [4.69, 9.17) is 5.73 Å². The summed E-state index contributed by atoms with van der Waals surface area (Å²) in [6.07, 6.45) is 1.37. The molecule has 1 rings (SSSR count). The number of aromatic hydroxyl groups is 1. The number of carbonyl (C=O) groups is 1. The number of rotatable bonds is 6. The number of phenols is 1. The summed E-state index contributed by atoms with van der Waals surface area (Å²) in [4.78, 5) is 11.9. The van der Waals surface area contributed by atoms with Crippen LogP contribution >= 0.6 is 0 Å². The lowest BCUT2D eigenvalue weighted by molar-refractivity contribution is -0.117. The Hall–Kier alpha value is -1.55. The molecule has 0 saturated carbocycles. The van der Waals surface area contributed by atoms with Gasteiger partial charge >= 0.3 is 0 Å². The number of hydrogen-bond acceptors (Lipinski definition) is 3. The first-order valence-corrected chi connectivity index (χ1v) is 6.72. The Bertz CT molecular complexity index is 430. The molecule has 0 saturated heterocycles. The molecule has 4 heteroatoms. The number of carbonyl (C=O) groups excluding carboxylic acids is 1. The number of anilines is 1. The van der Waals surface area contributed by atoms with Crippen LogP contribution in [-0.2, 0) is 4.79 Å². The summed E-state index contributed by atoms with van der Waals surface area (Å²) in [5.41, 5.74) is 7.10. The van der Waals surface area contributed by atoms with Gasteiger partial charge in [-0.3, -0.25) is 4.79 Å². The van der Waals surface area contributed by atoms with Crippen molar-refractivity contribution in [3.8, 4) is 5.75 Å². The van der Waals surface area contributed by atoms with Crippen LogP contribution in [0.15, 0.2) is 18.2 Å². The summed E-state index contributed by atoms with van der Waals surface area (Å²) >= 11 is 0. The van der Waals surface area contributed by atoms with Crippen LogP contribution in [0.2, 0.25) is 0 Å². The lowest BCUT2D eigenvalue weighted by Gasteiger charge is -2.16. The van der Waals surface area contributed by atoms with Gasteiger partial charge in [0.2, 0.25) is 5.91 Å². The zero-order valence-electron chi connectivity index (χ0n) is 11.9. The van der Waals surface area contributed by atoms with Gasteiger partial charge in [0.1, 0.15) is 5.75 Å². The minimum absolute atomic E-state index is 0.0562. The molecule has 0 aromatic heterocycles. The molecule has 0 heterocycles. The maximum Gasteiger partial charge on any atom is 0.224 e. The number of hydrogen-bond donors (Lipinski definition) is 3. The molecular weight excluding hydrogens is 240 g/mol. The van der Waals surface area contributed by atoms with E-state index in [0.29, 0.717) is 24.6 Å². The highest BCUT2D eigenvalue weighted by molar-refractivity contribution is 5.91. The Morgan fingerprint density at radius 2 is 2.11 bits per heavy atom. The van der Waals surface area contributed by atoms with E-state index < -0.39 is 0 Å². The molecule has 1 atom stereocenters. The van der Waals surface area contributed by atoms with Crippen LogP contribution in [-0.4, -0.2) is 17.6 Å².